The maximum Gasteiger partial charge on any atom is 0.254 e. The third-order valence-electron chi connectivity index (χ3n) is 1.31. The molecule has 0 radical (unpaired) electrons. The van der Waals surface area contributed by atoms with E-state index >= 15 is 0 Å². The zero-order chi connectivity index (χ0) is 10.6. The summed E-state index contributed by atoms with van der Waals surface area (Å²) in [6.07, 6.45) is 0. The zero-order valence-corrected chi connectivity index (χ0v) is 8.47. The van der Waals surface area contributed by atoms with Crippen molar-refractivity contribution in [3.8, 4) is 0 Å². The smallest absolute Gasteiger partial charge is 0.254 e. The molecule has 0 spiro atoms. The number of benzene rings is 1. The van der Waals surface area contributed by atoms with Crippen LogP contribution in [0.5, 0.6) is 0 Å². The van der Waals surface area contributed by atoms with E-state index in [0.29, 0.717) is 0 Å². The summed E-state index contributed by atoms with van der Waals surface area (Å²) in [4.78, 5) is 3.23. The molecule has 2 N–H and O–H groups in total. The zero-order valence-electron chi connectivity index (χ0n) is 6.84. The second-order valence-electron chi connectivity index (χ2n) is 2.26. The summed E-state index contributed by atoms with van der Waals surface area (Å²) in [7, 11) is -3.81. The van der Waals surface area contributed by atoms with E-state index in [1.165, 1.54) is 24.3 Å². The van der Waals surface area contributed by atoms with Crippen LogP contribution in [0.3, 0.4) is 0 Å². The van der Waals surface area contributed by atoms with Crippen LogP contribution >= 0.6 is 0 Å². The van der Waals surface area contributed by atoms with Crippen molar-refractivity contribution in [2.45, 2.75) is 4.90 Å². The molecule has 78 valence electrons. The van der Waals surface area contributed by atoms with Gasteiger partial charge in [0.05, 0.1) is 4.90 Å². The molecule has 0 fully saturated rings. The average molecular weight is 235 g/mol. The largest absolute Gasteiger partial charge is 0.759 e. The third-order valence-corrected chi connectivity index (χ3v) is 2.97. The van der Waals surface area contributed by atoms with Gasteiger partial charge in [0.2, 0.25) is 0 Å². The van der Waals surface area contributed by atoms with Gasteiger partial charge in [-0.15, -0.1) is 4.83 Å². The molecule has 0 aromatic heterocycles. The van der Waals surface area contributed by atoms with Gasteiger partial charge in [0.15, 0.2) is 0 Å². The fourth-order valence-electron chi connectivity index (χ4n) is 0.747. The molecule has 1 aromatic carbocycles. The van der Waals surface area contributed by atoms with E-state index in [9.17, 15) is 17.2 Å². The summed E-state index contributed by atoms with van der Waals surface area (Å²) >= 11 is -2.68. The lowest BCUT2D eigenvalue weighted by Gasteiger charge is -2.09. The van der Waals surface area contributed by atoms with E-state index in [1.807, 2.05) is 0 Å². The lowest BCUT2D eigenvalue weighted by molar-refractivity contribution is 0.514. The van der Waals surface area contributed by atoms with Crippen molar-refractivity contribution >= 4 is 21.3 Å². The number of hydrazine groups is 1. The molecule has 0 aliphatic rings. The van der Waals surface area contributed by atoms with Gasteiger partial charge in [-0.2, -0.15) is 4.83 Å². The molecular formula is C6H7N2O4S2-. The average Bonchev–Trinajstić information content (AvgIpc) is 2.16. The first-order valence-corrected chi connectivity index (χ1v) is 6.00. The Hall–Kier alpha value is -0.800. The van der Waals surface area contributed by atoms with Crippen LogP contribution < -0.4 is 9.66 Å². The normalized spacial score (nSPS) is 13.8. The number of hydrogen-bond acceptors (Lipinski definition) is 4. The van der Waals surface area contributed by atoms with Crippen molar-refractivity contribution in [2.24, 2.45) is 0 Å². The predicted molar refractivity (Wildman–Crippen MR) is 48.8 cm³/mol. The molecule has 0 heterocycles. The van der Waals surface area contributed by atoms with Crippen LogP contribution in [0, 0.1) is 0 Å². The van der Waals surface area contributed by atoms with Gasteiger partial charge in [-0.3, -0.25) is 4.21 Å². The first-order valence-electron chi connectivity index (χ1n) is 3.44. The van der Waals surface area contributed by atoms with Crippen molar-refractivity contribution in [3.05, 3.63) is 30.3 Å². The molecule has 8 heteroatoms. The Morgan fingerprint density at radius 3 is 2.29 bits per heavy atom. The monoisotopic (exact) mass is 235 g/mol. The second-order valence-corrected chi connectivity index (χ2v) is 4.61. The number of sulfonamides is 1. The lowest BCUT2D eigenvalue weighted by atomic mass is 10.4. The van der Waals surface area contributed by atoms with E-state index in [2.05, 4.69) is 0 Å². The minimum atomic E-state index is -3.81. The number of nitrogens with one attached hydrogen (secondary N) is 2. The third kappa shape index (κ3) is 3.16. The molecule has 1 atom stereocenters. The second kappa shape index (κ2) is 4.62. The van der Waals surface area contributed by atoms with Crippen molar-refractivity contribution < 1.29 is 17.2 Å². The summed E-state index contributed by atoms with van der Waals surface area (Å²) < 4.78 is 42.7. The van der Waals surface area contributed by atoms with Crippen LogP contribution in [0.15, 0.2) is 35.2 Å². The summed E-state index contributed by atoms with van der Waals surface area (Å²) in [5.41, 5.74) is 0. The molecule has 0 saturated carbocycles. The summed E-state index contributed by atoms with van der Waals surface area (Å²) in [5.74, 6) is 0. The maximum absolute atomic E-state index is 11.3. The summed E-state index contributed by atoms with van der Waals surface area (Å²) in [5, 5.41) is 0. The van der Waals surface area contributed by atoms with Crippen LogP contribution in [0.1, 0.15) is 0 Å². The highest BCUT2D eigenvalue weighted by molar-refractivity contribution is 7.90. The van der Waals surface area contributed by atoms with Gasteiger partial charge in [-0.05, 0) is 12.1 Å². The molecule has 1 unspecified atom stereocenters. The van der Waals surface area contributed by atoms with Crippen LogP contribution in [-0.2, 0) is 21.3 Å². The molecule has 1 aromatic rings. The van der Waals surface area contributed by atoms with E-state index in [4.69, 9.17) is 0 Å². The van der Waals surface area contributed by atoms with E-state index in [0.717, 1.165) is 0 Å². The van der Waals surface area contributed by atoms with Crippen LogP contribution in [-0.4, -0.2) is 17.2 Å². The van der Waals surface area contributed by atoms with E-state index in [1.54, 1.807) is 15.7 Å². The van der Waals surface area contributed by atoms with Crippen molar-refractivity contribution in [1.29, 1.82) is 0 Å². The quantitative estimate of drug-likeness (QED) is 0.530. The highest BCUT2D eigenvalue weighted by Gasteiger charge is 2.11. The molecule has 0 aliphatic carbocycles. The van der Waals surface area contributed by atoms with Crippen molar-refractivity contribution in [1.82, 2.24) is 9.66 Å². The molecule has 0 saturated heterocycles. The minimum absolute atomic E-state index is 0.0158. The molecule has 0 bridgehead atoms. The van der Waals surface area contributed by atoms with E-state index in [-0.39, 0.29) is 4.90 Å². The van der Waals surface area contributed by atoms with Gasteiger partial charge in [0, 0.05) is 11.3 Å². The van der Waals surface area contributed by atoms with Crippen LogP contribution in [0.2, 0.25) is 0 Å². The minimum Gasteiger partial charge on any atom is -0.759 e. The van der Waals surface area contributed by atoms with Crippen LogP contribution in [0.25, 0.3) is 0 Å². The van der Waals surface area contributed by atoms with Crippen molar-refractivity contribution in [2.75, 3.05) is 0 Å². The van der Waals surface area contributed by atoms with Gasteiger partial charge >= 0.3 is 0 Å². The maximum atomic E-state index is 11.3. The Kier molecular flexibility index (Phi) is 3.72. The highest BCUT2D eigenvalue weighted by atomic mass is 32.2. The fourth-order valence-corrected chi connectivity index (χ4v) is 2.09. The Balaban J connectivity index is 2.82. The molecular weight excluding hydrogens is 228 g/mol. The highest BCUT2D eigenvalue weighted by Crippen LogP contribution is 2.05. The SMILES string of the molecule is O=S([O-])NNS(=O)(=O)c1ccccc1. The fraction of sp³-hybridized carbons (Fsp3) is 0. The van der Waals surface area contributed by atoms with Crippen molar-refractivity contribution in [3.63, 3.8) is 0 Å². The molecule has 6 nitrogen and oxygen atoms in total. The van der Waals surface area contributed by atoms with Gasteiger partial charge in [0.1, 0.15) is 0 Å². The predicted octanol–water partition coefficient (Wildman–Crippen LogP) is -0.736. The first kappa shape index (κ1) is 11.3. The van der Waals surface area contributed by atoms with Gasteiger partial charge in [-0.1, -0.05) is 18.2 Å². The topological polar surface area (TPSA) is 98.3 Å². The Morgan fingerprint density at radius 2 is 1.79 bits per heavy atom. The molecule has 0 aliphatic heterocycles. The first-order chi connectivity index (χ1) is 6.52. The molecule has 1 rings (SSSR count). The standard InChI is InChI=1S/C6H8N2O4S2/c9-13(10)7-8-14(11,12)6-4-2-1-3-5-6/h1-5,7-8H,(H,9,10)/p-1. The van der Waals surface area contributed by atoms with Crippen LogP contribution in [0.4, 0.5) is 0 Å². The Labute approximate surface area is 83.8 Å². The molecule has 0 amide bonds. The Morgan fingerprint density at radius 1 is 1.21 bits per heavy atom. The van der Waals surface area contributed by atoms with Gasteiger partial charge in [0.25, 0.3) is 10.0 Å². The van der Waals surface area contributed by atoms with E-state index < -0.39 is 21.3 Å². The summed E-state index contributed by atoms with van der Waals surface area (Å²) in [6.45, 7) is 0. The number of hydrogen-bond donors (Lipinski definition) is 2. The molecule has 14 heavy (non-hydrogen) atoms. The number of rotatable bonds is 4. The van der Waals surface area contributed by atoms with Gasteiger partial charge < -0.3 is 4.55 Å². The van der Waals surface area contributed by atoms with Gasteiger partial charge in [-0.25, -0.2) is 8.42 Å². The Bertz CT molecular complexity index is 417. The lowest BCUT2D eigenvalue weighted by Crippen LogP contribution is -2.38. The summed E-state index contributed by atoms with van der Waals surface area (Å²) in [6, 6.07) is 7.40.